The zero-order valence-corrected chi connectivity index (χ0v) is 13.6. The molecule has 0 aromatic heterocycles. The fourth-order valence-electron chi connectivity index (χ4n) is 1.82. The van der Waals surface area contributed by atoms with Crippen molar-refractivity contribution in [2.24, 2.45) is 0 Å². The zero-order chi connectivity index (χ0) is 14.9. The van der Waals surface area contributed by atoms with Crippen LogP contribution in [0.5, 0.6) is 0 Å². The number of nitrogens with one attached hydrogen (secondary N) is 1. The highest BCUT2D eigenvalue weighted by molar-refractivity contribution is 7.89. The van der Waals surface area contributed by atoms with E-state index in [0.717, 1.165) is 5.56 Å². The summed E-state index contributed by atoms with van der Waals surface area (Å²) in [4.78, 5) is 0.244. The maximum absolute atomic E-state index is 12.4. The molecule has 20 heavy (non-hydrogen) atoms. The Morgan fingerprint density at radius 3 is 2.55 bits per heavy atom. The van der Waals surface area contributed by atoms with Crippen LogP contribution in [0.4, 0.5) is 0 Å². The SMILES string of the molecule is CC(C)N(C)S(=O)(=O)c1ccc(CNC2CC2)c(Cl)c1. The summed E-state index contributed by atoms with van der Waals surface area (Å²) in [5, 5.41) is 3.87. The van der Waals surface area contributed by atoms with E-state index in [9.17, 15) is 8.42 Å². The molecule has 1 aromatic carbocycles. The minimum Gasteiger partial charge on any atom is -0.310 e. The fraction of sp³-hybridized carbons (Fsp3) is 0.571. The van der Waals surface area contributed by atoms with Crippen LogP contribution in [-0.4, -0.2) is 31.9 Å². The van der Waals surface area contributed by atoms with Crippen molar-refractivity contribution in [1.29, 1.82) is 0 Å². The standard InChI is InChI=1S/C14H21ClN2O2S/c1-10(2)17(3)20(18,19)13-7-4-11(14(15)8-13)9-16-12-5-6-12/h4,7-8,10,12,16H,5-6,9H2,1-3H3. The van der Waals surface area contributed by atoms with E-state index in [1.54, 1.807) is 25.2 Å². The third kappa shape index (κ3) is 3.52. The number of hydrogen-bond donors (Lipinski definition) is 1. The highest BCUT2D eigenvalue weighted by Crippen LogP contribution is 2.25. The van der Waals surface area contributed by atoms with Crippen molar-refractivity contribution in [3.63, 3.8) is 0 Å². The van der Waals surface area contributed by atoms with Crippen molar-refractivity contribution in [3.8, 4) is 0 Å². The summed E-state index contributed by atoms with van der Waals surface area (Å²) in [6.45, 7) is 4.37. The summed E-state index contributed by atoms with van der Waals surface area (Å²) in [7, 11) is -1.89. The smallest absolute Gasteiger partial charge is 0.243 e. The molecule has 6 heteroatoms. The Morgan fingerprint density at radius 2 is 2.05 bits per heavy atom. The van der Waals surface area contributed by atoms with Crippen molar-refractivity contribution in [2.75, 3.05) is 7.05 Å². The Bertz CT molecular complexity index is 583. The average Bonchev–Trinajstić information content (AvgIpc) is 3.20. The van der Waals surface area contributed by atoms with E-state index < -0.39 is 10.0 Å². The lowest BCUT2D eigenvalue weighted by atomic mass is 10.2. The minimum atomic E-state index is -3.47. The zero-order valence-electron chi connectivity index (χ0n) is 12.1. The van der Waals surface area contributed by atoms with E-state index in [0.29, 0.717) is 17.6 Å². The Kier molecular flexibility index (Phi) is 4.74. The van der Waals surface area contributed by atoms with Crippen LogP contribution < -0.4 is 5.32 Å². The third-order valence-corrected chi connectivity index (χ3v) is 5.97. The maximum Gasteiger partial charge on any atom is 0.243 e. The number of sulfonamides is 1. The molecule has 0 bridgehead atoms. The molecule has 2 rings (SSSR count). The Hall–Kier alpha value is -0.620. The molecule has 0 saturated heterocycles. The molecule has 0 amide bonds. The lowest BCUT2D eigenvalue weighted by Gasteiger charge is -2.21. The molecule has 1 aliphatic carbocycles. The number of benzene rings is 1. The molecule has 1 saturated carbocycles. The molecular formula is C14H21ClN2O2S. The Balaban J connectivity index is 2.19. The van der Waals surface area contributed by atoms with Crippen LogP contribution in [-0.2, 0) is 16.6 Å². The van der Waals surface area contributed by atoms with E-state index >= 15 is 0 Å². The second-order valence-electron chi connectivity index (χ2n) is 5.52. The molecule has 1 fully saturated rings. The Morgan fingerprint density at radius 1 is 1.40 bits per heavy atom. The van der Waals surface area contributed by atoms with E-state index in [1.165, 1.54) is 17.1 Å². The van der Waals surface area contributed by atoms with Crippen molar-refractivity contribution in [3.05, 3.63) is 28.8 Å². The first-order chi connectivity index (χ1) is 9.32. The second-order valence-corrected chi connectivity index (χ2v) is 7.93. The van der Waals surface area contributed by atoms with Crippen LogP contribution in [0.25, 0.3) is 0 Å². The van der Waals surface area contributed by atoms with Gasteiger partial charge in [0.2, 0.25) is 10.0 Å². The van der Waals surface area contributed by atoms with Crippen molar-refractivity contribution in [1.82, 2.24) is 9.62 Å². The van der Waals surface area contributed by atoms with E-state index in [4.69, 9.17) is 11.6 Å². The fourth-order valence-corrected chi connectivity index (χ4v) is 3.52. The number of halogens is 1. The van der Waals surface area contributed by atoms with Gasteiger partial charge in [-0.2, -0.15) is 4.31 Å². The van der Waals surface area contributed by atoms with Gasteiger partial charge in [0, 0.05) is 30.7 Å². The van der Waals surface area contributed by atoms with Gasteiger partial charge < -0.3 is 5.32 Å². The second kappa shape index (κ2) is 6.02. The summed E-state index contributed by atoms with van der Waals surface area (Å²) < 4.78 is 26.1. The van der Waals surface area contributed by atoms with Gasteiger partial charge in [0.15, 0.2) is 0 Å². The van der Waals surface area contributed by atoms with Crippen LogP contribution in [0.2, 0.25) is 5.02 Å². The van der Waals surface area contributed by atoms with Gasteiger partial charge in [0.1, 0.15) is 0 Å². The lowest BCUT2D eigenvalue weighted by molar-refractivity contribution is 0.410. The van der Waals surface area contributed by atoms with Crippen molar-refractivity contribution < 1.29 is 8.42 Å². The summed E-state index contributed by atoms with van der Waals surface area (Å²) >= 11 is 6.20. The van der Waals surface area contributed by atoms with Crippen LogP contribution in [0.1, 0.15) is 32.3 Å². The van der Waals surface area contributed by atoms with Crippen molar-refractivity contribution >= 4 is 21.6 Å². The van der Waals surface area contributed by atoms with Gasteiger partial charge >= 0.3 is 0 Å². The monoisotopic (exact) mass is 316 g/mol. The molecule has 4 nitrogen and oxygen atoms in total. The molecule has 0 aliphatic heterocycles. The van der Waals surface area contributed by atoms with Crippen LogP contribution >= 0.6 is 11.6 Å². The molecule has 0 atom stereocenters. The highest BCUT2D eigenvalue weighted by Gasteiger charge is 2.24. The van der Waals surface area contributed by atoms with Gasteiger partial charge in [0.25, 0.3) is 0 Å². The van der Waals surface area contributed by atoms with Gasteiger partial charge in [-0.25, -0.2) is 8.42 Å². The molecule has 1 aromatic rings. The summed E-state index contributed by atoms with van der Waals surface area (Å²) in [5.41, 5.74) is 0.935. The molecule has 0 unspecified atom stereocenters. The molecule has 0 heterocycles. The third-order valence-electron chi connectivity index (χ3n) is 3.59. The summed E-state index contributed by atoms with van der Waals surface area (Å²) in [5.74, 6) is 0. The molecule has 0 radical (unpaired) electrons. The topological polar surface area (TPSA) is 49.4 Å². The normalized spacial score (nSPS) is 16.1. The number of nitrogens with zero attached hydrogens (tertiary/aromatic N) is 1. The average molecular weight is 317 g/mol. The van der Waals surface area contributed by atoms with Crippen LogP contribution in [0.15, 0.2) is 23.1 Å². The van der Waals surface area contributed by atoms with Gasteiger partial charge in [-0.05, 0) is 44.4 Å². The molecule has 0 spiro atoms. The quantitative estimate of drug-likeness (QED) is 0.877. The first-order valence-corrected chi connectivity index (χ1v) is 8.64. The predicted octanol–water partition coefficient (Wildman–Crippen LogP) is 2.62. The Labute approximate surface area is 126 Å². The predicted molar refractivity (Wildman–Crippen MR) is 81.4 cm³/mol. The first-order valence-electron chi connectivity index (χ1n) is 6.82. The maximum atomic E-state index is 12.4. The van der Waals surface area contributed by atoms with Crippen LogP contribution in [0, 0.1) is 0 Å². The first kappa shape index (κ1) is 15.8. The van der Waals surface area contributed by atoms with E-state index in [1.807, 2.05) is 13.8 Å². The number of rotatable bonds is 6. The lowest BCUT2D eigenvalue weighted by Crippen LogP contribution is -2.33. The van der Waals surface area contributed by atoms with Gasteiger partial charge in [-0.1, -0.05) is 17.7 Å². The van der Waals surface area contributed by atoms with Gasteiger partial charge in [-0.15, -0.1) is 0 Å². The number of hydrogen-bond acceptors (Lipinski definition) is 3. The molecular weight excluding hydrogens is 296 g/mol. The summed E-state index contributed by atoms with van der Waals surface area (Å²) in [6.07, 6.45) is 2.42. The summed E-state index contributed by atoms with van der Waals surface area (Å²) in [6, 6.07) is 5.47. The molecule has 1 N–H and O–H groups in total. The molecule has 1 aliphatic rings. The van der Waals surface area contributed by atoms with Crippen LogP contribution in [0.3, 0.4) is 0 Å². The largest absolute Gasteiger partial charge is 0.310 e. The van der Waals surface area contributed by atoms with E-state index in [-0.39, 0.29) is 10.9 Å². The minimum absolute atomic E-state index is 0.0880. The van der Waals surface area contributed by atoms with Gasteiger partial charge in [0.05, 0.1) is 4.90 Å². The van der Waals surface area contributed by atoms with Crippen molar-refractivity contribution in [2.45, 2.75) is 50.2 Å². The molecule has 112 valence electrons. The van der Waals surface area contributed by atoms with Gasteiger partial charge in [-0.3, -0.25) is 0 Å². The highest BCUT2D eigenvalue weighted by atomic mass is 35.5. The van der Waals surface area contributed by atoms with E-state index in [2.05, 4.69) is 5.32 Å².